The van der Waals surface area contributed by atoms with Crippen LogP contribution in [0.1, 0.15) is 11.8 Å². The molecule has 1 N–H and O–H groups in total. The molecule has 60 valence electrons. The summed E-state index contributed by atoms with van der Waals surface area (Å²) < 4.78 is 0. The van der Waals surface area contributed by atoms with Crippen LogP contribution in [0.4, 0.5) is 0 Å². The van der Waals surface area contributed by atoms with Gasteiger partial charge in [0.15, 0.2) is 0 Å². The Balaban J connectivity index is 2.37. The lowest BCUT2D eigenvalue weighted by atomic mass is 10.2. The molecule has 0 fully saturated rings. The van der Waals surface area contributed by atoms with Crippen molar-refractivity contribution in [1.29, 1.82) is 0 Å². The third-order valence-electron chi connectivity index (χ3n) is 1.44. The summed E-state index contributed by atoms with van der Waals surface area (Å²) in [5.41, 5.74) is 0. The van der Waals surface area contributed by atoms with E-state index in [0.29, 0.717) is 0 Å². The molecule has 1 rings (SSSR count). The van der Waals surface area contributed by atoms with Gasteiger partial charge in [-0.05, 0) is 18.4 Å². The maximum absolute atomic E-state index is 10.0. The minimum atomic E-state index is 0.242. The van der Waals surface area contributed by atoms with Crippen LogP contribution < -0.4 is 5.32 Å². The van der Waals surface area contributed by atoms with E-state index in [9.17, 15) is 4.79 Å². The number of thiophene rings is 1. The van der Waals surface area contributed by atoms with Crippen molar-refractivity contribution in [2.45, 2.75) is 19.4 Å². The molecule has 0 aliphatic heterocycles. The van der Waals surface area contributed by atoms with Gasteiger partial charge in [-0.2, -0.15) is 0 Å². The van der Waals surface area contributed by atoms with Gasteiger partial charge in [-0.1, -0.05) is 6.07 Å². The van der Waals surface area contributed by atoms with E-state index in [0.717, 1.165) is 12.8 Å². The topological polar surface area (TPSA) is 29.1 Å². The summed E-state index contributed by atoms with van der Waals surface area (Å²) in [5, 5.41) is 4.75. The number of rotatable bonds is 4. The van der Waals surface area contributed by atoms with Crippen LogP contribution in [0.2, 0.25) is 0 Å². The van der Waals surface area contributed by atoms with Crippen LogP contribution in [0.15, 0.2) is 17.5 Å². The monoisotopic (exact) mass is 169 g/mol. The second-order valence-corrected chi connectivity index (χ2v) is 3.50. The summed E-state index contributed by atoms with van der Waals surface area (Å²) in [6.45, 7) is 1.99. The van der Waals surface area contributed by atoms with Crippen LogP contribution >= 0.6 is 11.3 Å². The molecule has 0 aromatic carbocycles. The van der Waals surface area contributed by atoms with E-state index in [2.05, 4.69) is 11.4 Å². The van der Waals surface area contributed by atoms with Crippen molar-refractivity contribution in [2.24, 2.45) is 0 Å². The van der Waals surface area contributed by atoms with Gasteiger partial charge in [0, 0.05) is 17.3 Å². The second-order valence-electron chi connectivity index (χ2n) is 2.47. The highest BCUT2D eigenvalue weighted by Gasteiger charge is 2.00. The highest BCUT2D eigenvalue weighted by atomic mass is 32.1. The predicted octanol–water partition coefficient (Wildman–Crippen LogP) is 1.43. The molecular weight excluding hydrogens is 158 g/mol. The van der Waals surface area contributed by atoms with Crippen molar-refractivity contribution in [1.82, 2.24) is 5.32 Å². The van der Waals surface area contributed by atoms with Crippen molar-refractivity contribution >= 4 is 17.7 Å². The molecule has 1 heterocycles. The van der Waals surface area contributed by atoms with Crippen molar-refractivity contribution in [3.05, 3.63) is 22.4 Å². The quantitative estimate of drug-likeness (QED) is 0.679. The fourth-order valence-electron chi connectivity index (χ4n) is 0.906. The van der Waals surface area contributed by atoms with E-state index in [1.807, 2.05) is 18.4 Å². The summed E-state index contributed by atoms with van der Waals surface area (Å²) in [7, 11) is 0. The van der Waals surface area contributed by atoms with Gasteiger partial charge in [0.1, 0.15) is 0 Å². The van der Waals surface area contributed by atoms with Crippen molar-refractivity contribution in [3.8, 4) is 0 Å². The van der Waals surface area contributed by atoms with Crippen molar-refractivity contribution in [2.75, 3.05) is 0 Å². The standard InChI is InChI=1S/C8H11NOS/c1-7(9-6-10)5-8-3-2-4-11-8/h2-4,6-7H,5H2,1H3,(H,9,10). The number of hydrogen-bond acceptors (Lipinski definition) is 2. The molecule has 1 aromatic heterocycles. The Kier molecular flexibility index (Phi) is 3.11. The van der Waals surface area contributed by atoms with E-state index in [1.165, 1.54) is 4.88 Å². The highest BCUT2D eigenvalue weighted by molar-refractivity contribution is 7.09. The minimum absolute atomic E-state index is 0.242. The molecule has 3 heteroatoms. The first-order valence-corrected chi connectivity index (χ1v) is 4.43. The number of hydrogen-bond donors (Lipinski definition) is 1. The molecule has 1 unspecified atom stereocenters. The average Bonchev–Trinajstić information content (AvgIpc) is 2.40. The first-order chi connectivity index (χ1) is 5.33. The molecule has 0 aliphatic carbocycles. The molecule has 0 radical (unpaired) electrons. The first kappa shape index (κ1) is 8.27. The lowest BCUT2D eigenvalue weighted by Gasteiger charge is -2.06. The molecule has 0 saturated heterocycles. The molecule has 1 amide bonds. The summed E-state index contributed by atoms with van der Waals surface area (Å²) in [6, 6.07) is 4.34. The van der Waals surface area contributed by atoms with Crippen LogP contribution in [0.5, 0.6) is 0 Å². The van der Waals surface area contributed by atoms with Crippen LogP contribution in [-0.4, -0.2) is 12.5 Å². The van der Waals surface area contributed by atoms with E-state index < -0.39 is 0 Å². The lowest BCUT2D eigenvalue weighted by molar-refractivity contribution is -0.110. The maximum atomic E-state index is 10.0. The Hall–Kier alpha value is -0.830. The van der Waals surface area contributed by atoms with Gasteiger partial charge >= 0.3 is 0 Å². The SMILES string of the molecule is CC(Cc1cccs1)NC=O. The zero-order valence-electron chi connectivity index (χ0n) is 6.41. The van der Waals surface area contributed by atoms with Gasteiger partial charge in [-0.3, -0.25) is 4.79 Å². The van der Waals surface area contributed by atoms with Crippen LogP contribution in [0, 0.1) is 0 Å². The number of carbonyl (C=O) groups is 1. The Labute approximate surface area is 70.2 Å². The van der Waals surface area contributed by atoms with E-state index >= 15 is 0 Å². The molecule has 1 aromatic rings. The van der Waals surface area contributed by atoms with Crippen LogP contribution in [0.3, 0.4) is 0 Å². The average molecular weight is 169 g/mol. The van der Waals surface area contributed by atoms with Gasteiger partial charge in [0.2, 0.25) is 6.41 Å². The van der Waals surface area contributed by atoms with Gasteiger partial charge in [0.25, 0.3) is 0 Å². The molecule has 11 heavy (non-hydrogen) atoms. The second kappa shape index (κ2) is 4.13. The number of carbonyl (C=O) groups excluding carboxylic acids is 1. The summed E-state index contributed by atoms with van der Waals surface area (Å²) in [6.07, 6.45) is 1.68. The normalized spacial score (nSPS) is 12.5. The van der Waals surface area contributed by atoms with Gasteiger partial charge in [0.05, 0.1) is 0 Å². The third kappa shape index (κ3) is 2.72. The summed E-state index contributed by atoms with van der Waals surface area (Å²) in [5.74, 6) is 0. The van der Waals surface area contributed by atoms with Gasteiger partial charge in [-0.25, -0.2) is 0 Å². The minimum Gasteiger partial charge on any atom is -0.356 e. The zero-order chi connectivity index (χ0) is 8.10. The van der Waals surface area contributed by atoms with Crippen LogP contribution in [-0.2, 0) is 11.2 Å². The third-order valence-corrected chi connectivity index (χ3v) is 2.34. The van der Waals surface area contributed by atoms with Crippen molar-refractivity contribution < 1.29 is 4.79 Å². The molecule has 0 saturated carbocycles. The van der Waals surface area contributed by atoms with E-state index in [4.69, 9.17) is 0 Å². The fraction of sp³-hybridized carbons (Fsp3) is 0.375. The van der Waals surface area contributed by atoms with Gasteiger partial charge < -0.3 is 5.32 Å². The van der Waals surface area contributed by atoms with Gasteiger partial charge in [-0.15, -0.1) is 11.3 Å². The fourth-order valence-corrected chi connectivity index (χ4v) is 1.74. The Morgan fingerprint density at radius 2 is 2.64 bits per heavy atom. The summed E-state index contributed by atoms with van der Waals surface area (Å²) in [4.78, 5) is 11.3. The number of amides is 1. The predicted molar refractivity (Wildman–Crippen MR) is 46.7 cm³/mol. The zero-order valence-corrected chi connectivity index (χ0v) is 7.23. The number of nitrogens with one attached hydrogen (secondary N) is 1. The first-order valence-electron chi connectivity index (χ1n) is 3.55. The Morgan fingerprint density at radius 3 is 3.18 bits per heavy atom. The molecular formula is C8H11NOS. The lowest BCUT2D eigenvalue weighted by Crippen LogP contribution is -2.25. The smallest absolute Gasteiger partial charge is 0.207 e. The van der Waals surface area contributed by atoms with Crippen LogP contribution in [0.25, 0.3) is 0 Å². The Morgan fingerprint density at radius 1 is 1.82 bits per heavy atom. The molecule has 2 nitrogen and oxygen atoms in total. The molecule has 0 bridgehead atoms. The molecule has 0 spiro atoms. The van der Waals surface area contributed by atoms with E-state index in [-0.39, 0.29) is 6.04 Å². The van der Waals surface area contributed by atoms with Crippen molar-refractivity contribution in [3.63, 3.8) is 0 Å². The largest absolute Gasteiger partial charge is 0.356 e. The maximum Gasteiger partial charge on any atom is 0.207 e. The molecule has 0 aliphatic rings. The highest BCUT2D eigenvalue weighted by Crippen LogP contribution is 2.10. The Bertz CT molecular complexity index is 208. The van der Waals surface area contributed by atoms with E-state index in [1.54, 1.807) is 11.3 Å². The summed E-state index contributed by atoms with van der Waals surface area (Å²) >= 11 is 1.72. The molecule has 1 atom stereocenters.